The number of carbonyl (C=O) groups excluding carboxylic acids is 1. The van der Waals surface area contributed by atoms with Crippen molar-refractivity contribution in [1.29, 1.82) is 0 Å². The van der Waals surface area contributed by atoms with E-state index >= 15 is 0 Å². The van der Waals surface area contributed by atoms with Crippen LogP contribution in [0.4, 0.5) is 5.82 Å². The van der Waals surface area contributed by atoms with E-state index in [9.17, 15) is 4.79 Å². The molecule has 0 aliphatic rings. The molecule has 2 rings (SSSR count). The number of aromatic nitrogens is 3. The van der Waals surface area contributed by atoms with Gasteiger partial charge in [-0.15, -0.1) is 0 Å². The van der Waals surface area contributed by atoms with Crippen molar-refractivity contribution in [2.75, 3.05) is 12.8 Å². The van der Waals surface area contributed by atoms with Crippen molar-refractivity contribution in [1.82, 2.24) is 20.1 Å². The minimum atomic E-state index is -0.248. The van der Waals surface area contributed by atoms with E-state index in [0.29, 0.717) is 23.7 Å². The van der Waals surface area contributed by atoms with Crippen molar-refractivity contribution in [2.45, 2.75) is 6.54 Å². The standard InChI is InChI=1S/C12H15N5O2/c1-17-11(13)8(6-16-17)5-15-12(18)9-3-4-14-7-10(9)19-2/h3-4,6-7H,5,13H2,1-2H3,(H,15,18). The molecule has 0 saturated heterocycles. The Morgan fingerprint density at radius 1 is 1.53 bits per heavy atom. The van der Waals surface area contributed by atoms with Gasteiger partial charge in [0.25, 0.3) is 5.91 Å². The van der Waals surface area contributed by atoms with Crippen LogP contribution in [0.3, 0.4) is 0 Å². The molecule has 0 spiro atoms. The summed E-state index contributed by atoms with van der Waals surface area (Å²) in [5, 5.41) is 6.77. The molecule has 0 unspecified atom stereocenters. The maximum Gasteiger partial charge on any atom is 0.255 e. The maximum absolute atomic E-state index is 12.0. The lowest BCUT2D eigenvalue weighted by molar-refractivity contribution is 0.0948. The number of amides is 1. The Morgan fingerprint density at radius 2 is 2.32 bits per heavy atom. The molecule has 2 aromatic heterocycles. The van der Waals surface area contributed by atoms with Gasteiger partial charge in [0.2, 0.25) is 0 Å². The van der Waals surface area contributed by atoms with Crippen molar-refractivity contribution in [3.8, 4) is 5.75 Å². The first-order chi connectivity index (χ1) is 9.13. The molecule has 0 radical (unpaired) electrons. The molecule has 100 valence electrons. The second kappa shape index (κ2) is 5.38. The topological polar surface area (TPSA) is 95.1 Å². The molecule has 3 N–H and O–H groups in total. The molecule has 0 aromatic carbocycles. The Balaban J connectivity index is 2.07. The highest BCUT2D eigenvalue weighted by atomic mass is 16.5. The van der Waals surface area contributed by atoms with Crippen molar-refractivity contribution in [3.05, 3.63) is 35.8 Å². The predicted octanol–water partition coefficient (Wildman–Crippen LogP) is 0.336. The molecule has 7 nitrogen and oxygen atoms in total. The third-order valence-corrected chi connectivity index (χ3v) is 2.75. The van der Waals surface area contributed by atoms with Crippen molar-refractivity contribution in [3.63, 3.8) is 0 Å². The molecule has 0 aliphatic heterocycles. The largest absolute Gasteiger partial charge is 0.494 e. The quantitative estimate of drug-likeness (QED) is 0.827. The van der Waals surface area contributed by atoms with Crippen molar-refractivity contribution < 1.29 is 9.53 Å². The van der Waals surface area contributed by atoms with Crippen LogP contribution >= 0.6 is 0 Å². The van der Waals surface area contributed by atoms with Gasteiger partial charge in [-0.1, -0.05) is 0 Å². The zero-order chi connectivity index (χ0) is 13.8. The van der Waals surface area contributed by atoms with Gasteiger partial charge in [0.15, 0.2) is 0 Å². The van der Waals surface area contributed by atoms with Gasteiger partial charge >= 0.3 is 0 Å². The van der Waals surface area contributed by atoms with Gasteiger partial charge in [-0.05, 0) is 6.07 Å². The van der Waals surface area contributed by atoms with Crippen molar-refractivity contribution >= 4 is 11.7 Å². The lowest BCUT2D eigenvalue weighted by Gasteiger charge is -2.08. The SMILES string of the molecule is COc1cnccc1C(=O)NCc1cnn(C)c1N. The highest BCUT2D eigenvalue weighted by molar-refractivity contribution is 5.96. The average molecular weight is 261 g/mol. The van der Waals surface area contributed by atoms with Gasteiger partial charge in [0.05, 0.1) is 25.1 Å². The number of hydrogen-bond acceptors (Lipinski definition) is 5. The summed E-state index contributed by atoms with van der Waals surface area (Å²) in [4.78, 5) is 15.9. The van der Waals surface area contributed by atoms with Crippen LogP contribution in [0.15, 0.2) is 24.7 Å². The Labute approximate surface area is 110 Å². The Hall–Kier alpha value is -2.57. The number of nitrogens with one attached hydrogen (secondary N) is 1. The molecular weight excluding hydrogens is 246 g/mol. The molecule has 0 saturated carbocycles. The van der Waals surface area contributed by atoms with E-state index in [2.05, 4.69) is 15.4 Å². The van der Waals surface area contributed by atoms with E-state index in [1.165, 1.54) is 19.5 Å². The molecule has 2 heterocycles. The van der Waals surface area contributed by atoms with Gasteiger partial charge in [-0.25, -0.2) is 0 Å². The van der Waals surface area contributed by atoms with E-state index in [0.717, 1.165) is 5.56 Å². The zero-order valence-corrected chi connectivity index (χ0v) is 10.8. The highest BCUT2D eigenvalue weighted by Gasteiger charge is 2.12. The van der Waals surface area contributed by atoms with E-state index < -0.39 is 0 Å². The summed E-state index contributed by atoms with van der Waals surface area (Å²) < 4.78 is 6.63. The Morgan fingerprint density at radius 3 is 2.95 bits per heavy atom. The number of pyridine rings is 1. The number of nitrogen functional groups attached to an aromatic ring is 1. The van der Waals surface area contributed by atoms with E-state index in [1.807, 2.05) is 0 Å². The summed E-state index contributed by atoms with van der Waals surface area (Å²) in [6, 6.07) is 1.60. The van der Waals surface area contributed by atoms with Crippen LogP contribution in [0.25, 0.3) is 0 Å². The first kappa shape index (κ1) is 12.9. The highest BCUT2D eigenvalue weighted by Crippen LogP contribution is 2.16. The van der Waals surface area contributed by atoms with Gasteiger partial charge < -0.3 is 15.8 Å². The maximum atomic E-state index is 12.0. The molecule has 19 heavy (non-hydrogen) atoms. The first-order valence-electron chi connectivity index (χ1n) is 5.66. The van der Waals surface area contributed by atoms with E-state index in [1.54, 1.807) is 24.0 Å². The lowest BCUT2D eigenvalue weighted by atomic mass is 10.2. The van der Waals surface area contributed by atoms with E-state index in [-0.39, 0.29) is 5.91 Å². The second-order valence-electron chi connectivity index (χ2n) is 3.94. The fourth-order valence-electron chi connectivity index (χ4n) is 1.63. The van der Waals surface area contributed by atoms with Gasteiger partial charge in [0, 0.05) is 25.4 Å². The van der Waals surface area contributed by atoms with Crippen molar-refractivity contribution in [2.24, 2.45) is 7.05 Å². The number of ether oxygens (including phenoxy) is 1. The third kappa shape index (κ3) is 2.65. The van der Waals surface area contributed by atoms with Gasteiger partial charge in [-0.3, -0.25) is 14.5 Å². The molecule has 0 bridgehead atoms. The van der Waals surface area contributed by atoms with Crippen LogP contribution in [0.1, 0.15) is 15.9 Å². The lowest BCUT2D eigenvalue weighted by Crippen LogP contribution is -2.23. The molecule has 7 heteroatoms. The third-order valence-electron chi connectivity index (χ3n) is 2.75. The summed E-state index contributed by atoms with van der Waals surface area (Å²) in [5.41, 5.74) is 7.00. The number of hydrogen-bond donors (Lipinski definition) is 2. The number of carbonyl (C=O) groups is 1. The summed E-state index contributed by atoms with van der Waals surface area (Å²) in [6.07, 6.45) is 4.66. The predicted molar refractivity (Wildman–Crippen MR) is 69.6 cm³/mol. The number of nitrogens with zero attached hydrogens (tertiary/aromatic N) is 3. The van der Waals surface area contributed by atoms with Crippen LogP contribution < -0.4 is 15.8 Å². The summed E-state index contributed by atoms with van der Waals surface area (Å²) in [7, 11) is 3.24. The van der Waals surface area contributed by atoms with Gasteiger partial charge in [-0.2, -0.15) is 5.10 Å². The van der Waals surface area contributed by atoms with Crippen LogP contribution in [0.2, 0.25) is 0 Å². The number of methoxy groups -OCH3 is 1. The minimum absolute atomic E-state index is 0.248. The summed E-state index contributed by atoms with van der Waals surface area (Å²) >= 11 is 0. The summed E-state index contributed by atoms with van der Waals surface area (Å²) in [6.45, 7) is 0.310. The molecule has 1 amide bonds. The van der Waals surface area contributed by atoms with Crippen LogP contribution in [0, 0.1) is 0 Å². The molecule has 0 atom stereocenters. The molecule has 2 aromatic rings. The number of anilines is 1. The molecule has 0 fully saturated rings. The first-order valence-corrected chi connectivity index (χ1v) is 5.66. The van der Waals surface area contributed by atoms with E-state index in [4.69, 9.17) is 10.5 Å². The average Bonchev–Trinajstić information content (AvgIpc) is 2.76. The van der Waals surface area contributed by atoms with Crippen LogP contribution in [-0.2, 0) is 13.6 Å². The minimum Gasteiger partial charge on any atom is -0.494 e. The van der Waals surface area contributed by atoms with Gasteiger partial charge in [0.1, 0.15) is 11.6 Å². The monoisotopic (exact) mass is 261 g/mol. The van der Waals surface area contributed by atoms with Crippen LogP contribution in [-0.4, -0.2) is 27.8 Å². The number of aryl methyl sites for hydroxylation is 1. The zero-order valence-electron chi connectivity index (χ0n) is 10.8. The molecule has 0 aliphatic carbocycles. The fraction of sp³-hybridized carbons (Fsp3) is 0.250. The Kier molecular flexibility index (Phi) is 3.65. The number of rotatable bonds is 4. The normalized spacial score (nSPS) is 10.2. The fourth-order valence-corrected chi connectivity index (χ4v) is 1.63. The molecular formula is C12H15N5O2. The number of nitrogens with two attached hydrogens (primary N) is 1. The second-order valence-corrected chi connectivity index (χ2v) is 3.94. The summed E-state index contributed by atoms with van der Waals surface area (Å²) in [5.74, 6) is 0.712. The van der Waals surface area contributed by atoms with Crippen LogP contribution in [0.5, 0.6) is 5.75 Å². The Bertz CT molecular complexity index is 594. The smallest absolute Gasteiger partial charge is 0.255 e.